The zero-order valence-electron chi connectivity index (χ0n) is 17.7. The van der Waals surface area contributed by atoms with Crippen LogP contribution in [0.25, 0.3) is 16.9 Å². The number of morpholine rings is 1. The van der Waals surface area contributed by atoms with Crippen molar-refractivity contribution in [2.45, 2.75) is 12.7 Å². The number of ether oxygens (including phenoxy) is 2. The van der Waals surface area contributed by atoms with Gasteiger partial charge >= 0.3 is 6.18 Å². The van der Waals surface area contributed by atoms with E-state index in [1.165, 1.54) is 6.20 Å². The number of hydrogen-bond donors (Lipinski definition) is 0. The van der Waals surface area contributed by atoms with Crippen LogP contribution in [0.1, 0.15) is 16.1 Å². The molecule has 0 aliphatic carbocycles. The summed E-state index contributed by atoms with van der Waals surface area (Å²) in [6, 6.07) is 5.37. The first kappa shape index (κ1) is 21.7. The van der Waals surface area contributed by atoms with Gasteiger partial charge in [-0.15, -0.1) is 0 Å². The molecule has 0 unspecified atom stereocenters. The summed E-state index contributed by atoms with van der Waals surface area (Å²) in [5.41, 5.74) is 2.60. The SMILES string of the molecule is O=C1c2ncc(-c3cnc4cc(OCCN5CCOCC5)ccn34)cc2CN1CC(F)(F)F. The van der Waals surface area contributed by atoms with Crippen molar-refractivity contribution in [1.29, 1.82) is 0 Å². The van der Waals surface area contributed by atoms with Gasteiger partial charge in [0.05, 0.1) is 25.1 Å². The van der Waals surface area contributed by atoms with Gasteiger partial charge in [0.2, 0.25) is 0 Å². The molecule has 0 saturated carbocycles. The van der Waals surface area contributed by atoms with Gasteiger partial charge in [-0.2, -0.15) is 13.2 Å². The molecule has 174 valence electrons. The van der Waals surface area contributed by atoms with E-state index in [2.05, 4.69) is 14.9 Å². The van der Waals surface area contributed by atoms with Crippen LogP contribution in [0.5, 0.6) is 5.75 Å². The molecule has 11 heteroatoms. The molecule has 2 aliphatic rings. The molecule has 0 N–H and O–H groups in total. The van der Waals surface area contributed by atoms with Gasteiger partial charge < -0.3 is 14.4 Å². The topological polar surface area (TPSA) is 72.2 Å². The highest BCUT2D eigenvalue weighted by Crippen LogP contribution is 2.30. The highest BCUT2D eigenvalue weighted by atomic mass is 19.4. The van der Waals surface area contributed by atoms with Crippen LogP contribution in [0, 0.1) is 0 Å². The Bertz CT molecular complexity index is 1170. The minimum atomic E-state index is -4.45. The van der Waals surface area contributed by atoms with Gasteiger partial charge in [0.1, 0.15) is 30.2 Å². The predicted molar refractivity (Wildman–Crippen MR) is 112 cm³/mol. The Balaban J connectivity index is 1.30. The molecule has 3 aromatic rings. The van der Waals surface area contributed by atoms with E-state index in [-0.39, 0.29) is 12.2 Å². The van der Waals surface area contributed by atoms with E-state index in [0.717, 1.165) is 43.4 Å². The second kappa shape index (κ2) is 8.64. The van der Waals surface area contributed by atoms with Crippen molar-refractivity contribution in [2.75, 3.05) is 46.0 Å². The molecule has 0 spiro atoms. The number of nitrogens with zero attached hydrogens (tertiary/aromatic N) is 5. The molecular weight excluding hydrogens is 439 g/mol. The summed E-state index contributed by atoms with van der Waals surface area (Å²) in [6.45, 7) is 3.26. The molecule has 2 aliphatic heterocycles. The third-order valence-electron chi connectivity index (χ3n) is 5.75. The van der Waals surface area contributed by atoms with Gasteiger partial charge in [0, 0.05) is 55.8 Å². The lowest BCUT2D eigenvalue weighted by Crippen LogP contribution is -2.38. The first-order chi connectivity index (χ1) is 15.9. The van der Waals surface area contributed by atoms with Crippen LogP contribution < -0.4 is 4.74 Å². The van der Waals surface area contributed by atoms with E-state index in [1.54, 1.807) is 12.3 Å². The van der Waals surface area contributed by atoms with Gasteiger partial charge in [0.15, 0.2) is 0 Å². The maximum Gasteiger partial charge on any atom is 0.406 e. The Labute approximate surface area is 187 Å². The van der Waals surface area contributed by atoms with Crippen LogP contribution in [0.3, 0.4) is 0 Å². The van der Waals surface area contributed by atoms with Crippen molar-refractivity contribution in [3.8, 4) is 17.0 Å². The molecule has 0 aromatic carbocycles. The Morgan fingerprint density at radius 2 is 1.94 bits per heavy atom. The molecule has 1 saturated heterocycles. The fourth-order valence-corrected chi connectivity index (χ4v) is 4.12. The third-order valence-corrected chi connectivity index (χ3v) is 5.75. The summed E-state index contributed by atoms with van der Waals surface area (Å²) < 4.78 is 51.3. The van der Waals surface area contributed by atoms with Crippen molar-refractivity contribution < 1.29 is 27.4 Å². The smallest absolute Gasteiger partial charge is 0.406 e. The van der Waals surface area contributed by atoms with Crippen molar-refractivity contribution in [3.05, 3.63) is 48.0 Å². The second-order valence-corrected chi connectivity index (χ2v) is 8.04. The average Bonchev–Trinajstić information content (AvgIpc) is 3.34. The molecule has 0 radical (unpaired) electrons. The standard InChI is InChI=1S/C22H22F3N5O3/c23-22(24,25)14-29-13-16-9-15(11-27-20(16)21(29)31)18-12-26-19-10-17(1-2-30(18)19)33-8-5-28-3-6-32-7-4-28/h1-2,9-12H,3-8,13-14H2. The zero-order valence-corrected chi connectivity index (χ0v) is 17.7. The van der Waals surface area contributed by atoms with E-state index in [4.69, 9.17) is 9.47 Å². The minimum absolute atomic E-state index is 0.0628. The lowest BCUT2D eigenvalue weighted by atomic mass is 10.1. The van der Waals surface area contributed by atoms with Crippen molar-refractivity contribution in [1.82, 2.24) is 24.2 Å². The average molecular weight is 461 g/mol. The Hall–Kier alpha value is -3.18. The fraction of sp³-hybridized carbons (Fsp3) is 0.409. The number of fused-ring (bicyclic) bond motifs is 2. The summed E-state index contributed by atoms with van der Waals surface area (Å²) in [7, 11) is 0. The number of pyridine rings is 2. The van der Waals surface area contributed by atoms with Gasteiger partial charge in [-0.25, -0.2) is 4.98 Å². The third kappa shape index (κ3) is 4.64. The number of imidazole rings is 1. The highest BCUT2D eigenvalue weighted by Gasteiger charge is 2.38. The number of halogens is 3. The lowest BCUT2D eigenvalue weighted by Gasteiger charge is -2.26. The molecule has 33 heavy (non-hydrogen) atoms. The molecule has 8 nitrogen and oxygen atoms in total. The van der Waals surface area contributed by atoms with Crippen LogP contribution in [0.15, 0.2) is 36.8 Å². The fourth-order valence-electron chi connectivity index (χ4n) is 4.12. The molecule has 0 bridgehead atoms. The van der Waals surface area contributed by atoms with E-state index in [0.29, 0.717) is 29.1 Å². The number of rotatable bonds is 6. The molecule has 0 atom stereocenters. The number of amides is 1. The van der Waals surface area contributed by atoms with Gasteiger partial charge in [-0.3, -0.25) is 19.1 Å². The van der Waals surface area contributed by atoms with Gasteiger partial charge in [-0.05, 0) is 12.1 Å². The lowest BCUT2D eigenvalue weighted by molar-refractivity contribution is -0.140. The summed E-state index contributed by atoms with van der Waals surface area (Å²) in [5, 5.41) is 0. The predicted octanol–water partition coefficient (Wildman–Crippen LogP) is 2.63. The van der Waals surface area contributed by atoms with Gasteiger partial charge in [0.25, 0.3) is 5.91 Å². The van der Waals surface area contributed by atoms with Crippen LogP contribution in [-0.2, 0) is 11.3 Å². The molecule has 3 aromatic heterocycles. The number of carbonyl (C=O) groups is 1. The zero-order chi connectivity index (χ0) is 23.0. The number of aromatic nitrogens is 3. The number of carbonyl (C=O) groups excluding carboxylic acids is 1. The highest BCUT2D eigenvalue weighted by molar-refractivity contribution is 5.96. The summed E-state index contributed by atoms with van der Waals surface area (Å²) in [5.74, 6) is -0.000682. The monoisotopic (exact) mass is 461 g/mol. The van der Waals surface area contributed by atoms with Crippen LogP contribution in [-0.4, -0.2) is 82.3 Å². The van der Waals surface area contributed by atoms with E-state index >= 15 is 0 Å². The van der Waals surface area contributed by atoms with Crippen molar-refractivity contribution in [3.63, 3.8) is 0 Å². The van der Waals surface area contributed by atoms with Crippen LogP contribution in [0.4, 0.5) is 13.2 Å². The van der Waals surface area contributed by atoms with Crippen molar-refractivity contribution in [2.24, 2.45) is 0 Å². The first-order valence-electron chi connectivity index (χ1n) is 10.6. The summed E-state index contributed by atoms with van der Waals surface area (Å²) in [4.78, 5) is 23.9. The number of hydrogen-bond acceptors (Lipinski definition) is 6. The Morgan fingerprint density at radius 3 is 2.73 bits per heavy atom. The normalized spacial score (nSPS) is 17.1. The summed E-state index contributed by atoms with van der Waals surface area (Å²) >= 11 is 0. The van der Waals surface area contributed by atoms with Crippen LogP contribution in [0.2, 0.25) is 0 Å². The van der Waals surface area contributed by atoms with Crippen molar-refractivity contribution >= 4 is 11.6 Å². The molecule has 1 fully saturated rings. The van der Waals surface area contributed by atoms with Gasteiger partial charge in [-0.1, -0.05) is 0 Å². The largest absolute Gasteiger partial charge is 0.492 e. The molecule has 5 rings (SSSR count). The van der Waals surface area contributed by atoms with E-state index < -0.39 is 18.6 Å². The quantitative estimate of drug-likeness (QED) is 0.562. The maximum absolute atomic E-state index is 12.7. The summed E-state index contributed by atoms with van der Waals surface area (Å²) in [6.07, 6.45) is 0.532. The minimum Gasteiger partial charge on any atom is -0.492 e. The molecular formula is C22H22F3N5O3. The van der Waals surface area contributed by atoms with E-state index in [1.807, 2.05) is 22.7 Å². The van der Waals surface area contributed by atoms with E-state index in [9.17, 15) is 18.0 Å². The molecule has 1 amide bonds. The molecule has 5 heterocycles. The first-order valence-corrected chi connectivity index (χ1v) is 10.6. The van der Waals surface area contributed by atoms with Crippen LogP contribution >= 0.6 is 0 Å². The maximum atomic E-state index is 12.7. The Kier molecular flexibility index (Phi) is 5.67. The Morgan fingerprint density at radius 1 is 1.12 bits per heavy atom. The second-order valence-electron chi connectivity index (χ2n) is 8.04. The number of alkyl halides is 3.